The lowest BCUT2D eigenvalue weighted by atomic mass is 10.00. The van der Waals surface area contributed by atoms with Gasteiger partial charge in [0, 0.05) is 38.3 Å². The molecule has 0 aromatic carbocycles. The Kier molecular flexibility index (Phi) is 2.48. The van der Waals surface area contributed by atoms with Crippen LogP contribution in [0.15, 0.2) is 24.5 Å². The first-order valence-electron chi connectivity index (χ1n) is 4.78. The molecule has 1 aromatic heterocycles. The van der Waals surface area contributed by atoms with Gasteiger partial charge < -0.3 is 4.90 Å². The Morgan fingerprint density at radius 1 is 1.50 bits per heavy atom. The first kappa shape index (κ1) is 9.19. The molecule has 14 heavy (non-hydrogen) atoms. The topological polar surface area (TPSA) is 33.2 Å². The van der Waals surface area contributed by atoms with Crippen LogP contribution in [-0.2, 0) is 4.79 Å². The maximum atomic E-state index is 11.0. The van der Waals surface area contributed by atoms with E-state index in [0.717, 1.165) is 19.5 Å². The molecular weight excluding hydrogens is 176 g/mol. The Labute approximate surface area is 83.8 Å². The van der Waals surface area contributed by atoms with Gasteiger partial charge in [0.2, 0.25) is 5.91 Å². The molecule has 1 aliphatic heterocycles. The van der Waals surface area contributed by atoms with Crippen molar-refractivity contribution in [2.75, 3.05) is 13.1 Å². The van der Waals surface area contributed by atoms with E-state index in [1.807, 2.05) is 12.1 Å². The third-order valence-corrected chi connectivity index (χ3v) is 2.72. The fraction of sp³-hybridized carbons (Fsp3) is 0.364. The second-order valence-corrected chi connectivity index (χ2v) is 3.61. The van der Waals surface area contributed by atoms with Gasteiger partial charge in [-0.1, -0.05) is 0 Å². The lowest BCUT2D eigenvalue weighted by molar-refractivity contribution is -0.125. The normalized spacial score (nSPS) is 21.2. The third kappa shape index (κ3) is 1.76. The van der Waals surface area contributed by atoms with Gasteiger partial charge in [-0.3, -0.25) is 9.78 Å². The van der Waals surface area contributed by atoms with Crippen LogP contribution in [0.3, 0.4) is 0 Å². The molecule has 1 radical (unpaired) electrons. The van der Waals surface area contributed by atoms with Gasteiger partial charge in [-0.15, -0.1) is 0 Å². The van der Waals surface area contributed by atoms with Crippen molar-refractivity contribution in [1.82, 2.24) is 9.88 Å². The molecule has 3 heteroatoms. The zero-order valence-corrected chi connectivity index (χ0v) is 8.02. The van der Waals surface area contributed by atoms with Crippen molar-refractivity contribution in [2.45, 2.75) is 12.3 Å². The Morgan fingerprint density at radius 3 is 2.79 bits per heavy atom. The summed E-state index contributed by atoms with van der Waals surface area (Å²) >= 11 is 0. The van der Waals surface area contributed by atoms with E-state index < -0.39 is 0 Å². The van der Waals surface area contributed by atoms with E-state index in [1.54, 1.807) is 17.3 Å². The zero-order chi connectivity index (χ0) is 9.97. The minimum absolute atomic E-state index is 0.0680. The molecule has 3 nitrogen and oxygen atoms in total. The molecule has 0 spiro atoms. The van der Waals surface area contributed by atoms with Gasteiger partial charge in [0.25, 0.3) is 0 Å². The first-order valence-corrected chi connectivity index (χ1v) is 4.78. The summed E-state index contributed by atoms with van der Waals surface area (Å²) in [6.07, 6.45) is 4.62. The SMILES string of the molecule is [CH2]C(=O)N1CCC(c2ccncc2)C1. The van der Waals surface area contributed by atoms with Crippen molar-refractivity contribution in [2.24, 2.45) is 0 Å². The number of carbonyl (C=O) groups excluding carboxylic acids is 1. The van der Waals surface area contributed by atoms with Crippen LogP contribution in [0.1, 0.15) is 17.9 Å². The van der Waals surface area contributed by atoms with Gasteiger partial charge in [0.15, 0.2) is 0 Å². The van der Waals surface area contributed by atoms with E-state index in [0.29, 0.717) is 5.92 Å². The van der Waals surface area contributed by atoms with Crippen molar-refractivity contribution >= 4 is 5.91 Å². The number of hydrogen-bond acceptors (Lipinski definition) is 2. The van der Waals surface area contributed by atoms with E-state index in [4.69, 9.17) is 0 Å². The summed E-state index contributed by atoms with van der Waals surface area (Å²) in [5.74, 6) is 0.394. The van der Waals surface area contributed by atoms with Gasteiger partial charge in [0.1, 0.15) is 0 Å². The third-order valence-electron chi connectivity index (χ3n) is 2.72. The molecule has 2 rings (SSSR count). The van der Waals surface area contributed by atoms with Crippen LogP contribution in [0.4, 0.5) is 0 Å². The smallest absolute Gasteiger partial charge is 0.223 e. The maximum absolute atomic E-state index is 11.0. The summed E-state index contributed by atoms with van der Waals surface area (Å²) in [6.45, 7) is 5.05. The molecule has 1 fully saturated rings. The minimum atomic E-state index is -0.0680. The molecule has 1 atom stereocenters. The van der Waals surface area contributed by atoms with Crippen LogP contribution in [-0.4, -0.2) is 28.9 Å². The predicted molar refractivity (Wildman–Crippen MR) is 53.5 cm³/mol. The number of nitrogens with zero attached hydrogens (tertiary/aromatic N) is 2. The Balaban J connectivity index is 2.06. The van der Waals surface area contributed by atoms with E-state index >= 15 is 0 Å². The van der Waals surface area contributed by atoms with Gasteiger partial charge in [0.05, 0.1) is 0 Å². The van der Waals surface area contributed by atoms with Crippen LogP contribution in [0.25, 0.3) is 0 Å². The molecule has 0 N–H and O–H groups in total. The summed E-state index contributed by atoms with van der Waals surface area (Å²) in [6, 6.07) is 4.03. The largest absolute Gasteiger partial charge is 0.342 e. The van der Waals surface area contributed by atoms with Gasteiger partial charge >= 0.3 is 0 Å². The second kappa shape index (κ2) is 3.78. The molecule has 73 valence electrons. The average molecular weight is 189 g/mol. The number of amides is 1. The second-order valence-electron chi connectivity index (χ2n) is 3.61. The Bertz CT molecular complexity index is 323. The number of likely N-dealkylation sites (tertiary alicyclic amines) is 1. The van der Waals surface area contributed by atoms with Crippen LogP contribution in [0.5, 0.6) is 0 Å². The van der Waals surface area contributed by atoms with E-state index in [2.05, 4.69) is 11.9 Å². The van der Waals surface area contributed by atoms with Crippen LogP contribution < -0.4 is 0 Å². The van der Waals surface area contributed by atoms with Crippen molar-refractivity contribution in [3.8, 4) is 0 Å². The zero-order valence-electron chi connectivity index (χ0n) is 8.02. The highest BCUT2D eigenvalue weighted by Gasteiger charge is 2.24. The predicted octanol–water partition coefficient (Wildman–Crippen LogP) is 1.23. The van der Waals surface area contributed by atoms with Crippen LogP contribution >= 0.6 is 0 Å². The lowest BCUT2D eigenvalue weighted by Crippen LogP contribution is -2.25. The molecule has 0 bridgehead atoms. The molecule has 1 saturated heterocycles. The molecule has 1 aliphatic rings. The monoisotopic (exact) mass is 189 g/mol. The molecule has 1 amide bonds. The van der Waals surface area contributed by atoms with Crippen molar-refractivity contribution in [1.29, 1.82) is 0 Å². The highest BCUT2D eigenvalue weighted by Crippen LogP contribution is 2.26. The quantitative estimate of drug-likeness (QED) is 0.665. The molecule has 0 aliphatic carbocycles. The number of aromatic nitrogens is 1. The van der Waals surface area contributed by atoms with Crippen molar-refractivity contribution in [3.05, 3.63) is 37.0 Å². The van der Waals surface area contributed by atoms with E-state index in [9.17, 15) is 4.79 Å². The fourth-order valence-electron chi connectivity index (χ4n) is 1.89. The Morgan fingerprint density at radius 2 is 2.21 bits per heavy atom. The summed E-state index contributed by atoms with van der Waals surface area (Å²) < 4.78 is 0. The molecule has 1 unspecified atom stereocenters. The molecular formula is C11H13N2O. The highest BCUT2D eigenvalue weighted by molar-refractivity contribution is 5.80. The van der Waals surface area contributed by atoms with Gasteiger partial charge in [-0.25, -0.2) is 0 Å². The summed E-state index contributed by atoms with van der Waals surface area (Å²) in [7, 11) is 0. The van der Waals surface area contributed by atoms with Gasteiger partial charge in [-0.2, -0.15) is 0 Å². The first-order chi connectivity index (χ1) is 6.77. The minimum Gasteiger partial charge on any atom is -0.342 e. The van der Waals surface area contributed by atoms with Crippen LogP contribution in [0.2, 0.25) is 0 Å². The highest BCUT2D eigenvalue weighted by atomic mass is 16.2. The molecule has 0 saturated carbocycles. The van der Waals surface area contributed by atoms with E-state index in [-0.39, 0.29) is 5.91 Å². The van der Waals surface area contributed by atoms with Gasteiger partial charge in [-0.05, 0) is 24.1 Å². The number of rotatable bonds is 1. The number of carbonyl (C=O) groups is 1. The maximum Gasteiger partial charge on any atom is 0.223 e. The summed E-state index contributed by atoms with van der Waals surface area (Å²) in [5, 5.41) is 0. The number of pyridine rings is 1. The average Bonchev–Trinajstić information content (AvgIpc) is 2.68. The summed E-state index contributed by atoms with van der Waals surface area (Å²) in [5.41, 5.74) is 1.27. The Hall–Kier alpha value is -1.38. The molecule has 1 aromatic rings. The number of hydrogen-bond donors (Lipinski definition) is 0. The van der Waals surface area contributed by atoms with Crippen LogP contribution in [0, 0.1) is 6.92 Å². The van der Waals surface area contributed by atoms with Crippen molar-refractivity contribution < 1.29 is 4.79 Å². The molecule has 2 heterocycles. The fourth-order valence-corrected chi connectivity index (χ4v) is 1.89. The van der Waals surface area contributed by atoms with E-state index in [1.165, 1.54) is 5.56 Å². The summed E-state index contributed by atoms with van der Waals surface area (Å²) in [4.78, 5) is 16.8. The lowest BCUT2D eigenvalue weighted by Gasteiger charge is -2.13. The van der Waals surface area contributed by atoms with Crippen molar-refractivity contribution in [3.63, 3.8) is 0 Å². The standard InChI is InChI=1S/C11H13N2O/c1-9(14)13-7-4-11(8-13)10-2-5-12-6-3-10/h2-3,5-6,11H,1,4,7-8H2.